The van der Waals surface area contributed by atoms with E-state index in [4.69, 9.17) is 5.11 Å². The molecule has 1 aliphatic heterocycles. The van der Waals surface area contributed by atoms with Crippen LogP contribution in [-0.2, 0) is 13.6 Å². The minimum absolute atomic E-state index is 0.275. The molecule has 0 bridgehead atoms. The molecule has 1 aromatic heterocycles. The molecule has 33 heavy (non-hydrogen) atoms. The Kier molecular flexibility index (Phi) is 6.74. The molecule has 2 amide bonds. The number of carboxylic acid groups (broad SMARTS) is 1. The lowest BCUT2D eigenvalue weighted by molar-refractivity contribution is 0.102. The summed E-state index contributed by atoms with van der Waals surface area (Å²) in [7, 11) is 1.96. The summed E-state index contributed by atoms with van der Waals surface area (Å²) in [5.74, 6) is 0.205. The van der Waals surface area contributed by atoms with Gasteiger partial charge in [0.15, 0.2) is 0 Å². The summed E-state index contributed by atoms with van der Waals surface area (Å²) >= 11 is 0. The molecule has 0 aliphatic carbocycles. The number of benzene rings is 2. The number of nitrogens with zero attached hydrogens (tertiary/aromatic N) is 3. The van der Waals surface area contributed by atoms with Crippen LogP contribution in [0.1, 0.15) is 45.9 Å². The number of amides is 2. The number of para-hydroxylation sites is 2. The number of likely N-dealkylation sites (tertiary alicyclic amines) is 1. The Labute approximate surface area is 193 Å². The number of carbonyl (C=O) groups excluding carboxylic acids is 1. The number of aryl methyl sites for hydroxylation is 2. The Morgan fingerprint density at radius 3 is 2.24 bits per heavy atom. The molecular weight excluding hydrogens is 418 g/mol. The second-order valence-electron chi connectivity index (χ2n) is 8.52. The van der Waals surface area contributed by atoms with Crippen LogP contribution < -0.4 is 10.6 Å². The van der Waals surface area contributed by atoms with Gasteiger partial charge in [-0.1, -0.05) is 24.3 Å². The van der Waals surface area contributed by atoms with Crippen molar-refractivity contribution in [2.45, 2.75) is 32.2 Å². The molecule has 3 N–H and O–H groups in total. The third-order valence-electron chi connectivity index (χ3n) is 6.16. The zero-order chi connectivity index (χ0) is 23.4. The minimum atomic E-state index is -1.18. The lowest BCUT2D eigenvalue weighted by Crippen LogP contribution is -2.32. The molecule has 0 spiro atoms. The van der Waals surface area contributed by atoms with Crippen LogP contribution in [0.4, 0.5) is 16.2 Å². The molecule has 4 rings (SSSR count). The third kappa shape index (κ3) is 5.59. The van der Waals surface area contributed by atoms with Gasteiger partial charge in [-0.25, -0.2) is 4.79 Å². The quantitative estimate of drug-likeness (QED) is 0.518. The molecule has 0 unspecified atom stereocenters. The van der Waals surface area contributed by atoms with Crippen molar-refractivity contribution in [1.29, 1.82) is 0 Å². The van der Waals surface area contributed by atoms with E-state index in [1.807, 2.05) is 36.0 Å². The Bertz CT molecular complexity index is 1130. The van der Waals surface area contributed by atoms with Gasteiger partial charge in [0, 0.05) is 30.9 Å². The van der Waals surface area contributed by atoms with E-state index in [-0.39, 0.29) is 5.91 Å². The van der Waals surface area contributed by atoms with Crippen molar-refractivity contribution in [2.24, 2.45) is 7.05 Å². The van der Waals surface area contributed by atoms with Gasteiger partial charge in [0.1, 0.15) is 0 Å². The van der Waals surface area contributed by atoms with E-state index < -0.39 is 6.09 Å². The van der Waals surface area contributed by atoms with Crippen molar-refractivity contribution in [2.75, 3.05) is 23.7 Å². The van der Waals surface area contributed by atoms with Gasteiger partial charge in [0.25, 0.3) is 5.91 Å². The number of nitrogens with one attached hydrogen (secondary N) is 2. The largest absolute Gasteiger partial charge is 0.465 e. The summed E-state index contributed by atoms with van der Waals surface area (Å²) in [5.41, 5.74) is 4.92. The van der Waals surface area contributed by atoms with E-state index in [9.17, 15) is 9.59 Å². The minimum Gasteiger partial charge on any atom is -0.465 e. The van der Waals surface area contributed by atoms with Crippen LogP contribution in [0.5, 0.6) is 0 Å². The van der Waals surface area contributed by atoms with Gasteiger partial charge in [-0.3, -0.25) is 19.7 Å². The van der Waals surface area contributed by atoms with E-state index in [1.54, 1.807) is 24.3 Å². The summed E-state index contributed by atoms with van der Waals surface area (Å²) in [5, 5.41) is 18.5. The summed E-state index contributed by atoms with van der Waals surface area (Å²) in [6.07, 6.45) is 3.09. The maximum Gasteiger partial charge on any atom is 0.409 e. The Morgan fingerprint density at radius 2 is 1.67 bits per heavy atom. The highest BCUT2D eigenvalue weighted by atomic mass is 16.4. The van der Waals surface area contributed by atoms with Crippen LogP contribution in [0.25, 0.3) is 0 Å². The maximum absolute atomic E-state index is 12.7. The van der Waals surface area contributed by atoms with Crippen molar-refractivity contribution < 1.29 is 14.7 Å². The SMILES string of the molecule is Cc1nn(C)cc1CN1CCC(c2ccc(C(=O)Nc3ccccc3NC(=O)O)cc2)CC1. The number of piperidine rings is 1. The molecular formula is C25H29N5O3. The van der Waals surface area contributed by atoms with E-state index >= 15 is 0 Å². The topological polar surface area (TPSA) is 99.5 Å². The monoisotopic (exact) mass is 447 g/mol. The Morgan fingerprint density at radius 1 is 1.03 bits per heavy atom. The molecule has 1 saturated heterocycles. The van der Waals surface area contributed by atoms with Crippen molar-refractivity contribution in [3.63, 3.8) is 0 Å². The number of hydrogen-bond acceptors (Lipinski definition) is 4. The zero-order valence-electron chi connectivity index (χ0n) is 18.9. The summed E-state index contributed by atoms with van der Waals surface area (Å²) in [6.45, 7) is 5.06. The van der Waals surface area contributed by atoms with Crippen molar-refractivity contribution in [3.8, 4) is 0 Å². The predicted octanol–water partition coefficient (Wildman–Crippen LogP) is 4.45. The van der Waals surface area contributed by atoms with Crippen LogP contribution in [0.2, 0.25) is 0 Å². The first-order valence-corrected chi connectivity index (χ1v) is 11.1. The van der Waals surface area contributed by atoms with Gasteiger partial charge in [-0.2, -0.15) is 5.10 Å². The molecule has 1 fully saturated rings. The third-order valence-corrected chi connectivity index (χ3v) is 6.16. The van der Waals surface area contributed by atoms with Crippen LogP contribution in [0.3, 0.4) is 0 Å². The Balaban J connectivity index is 1.34. The maximum atomic E-state index is 12.7. The average molecular weight is 448 g/mol. The molecule has 2 aromatic carbocycles. The lowest BCUT2D eigenvalue weighted by atomic mass is 9.89. The van der Waals surface area contributed by atoms with Gasteiger partial charge in [0.2, 0.25) is 0 Å². The highest BCUT2D eigenvalue weighted by Gasteiger charge is 2.22. The summed E-state index contributed by atoms with van der Waals surface area (Å²) in [4.78, 5) is 26.1. The fourth-order valence-electron chi connectivity index (χ4n) is 4.39. The van der Waals surface area contributed by atoms with Gasteiger partial charge >= 0.3 is 6.09 Å². The first kappa shape index (κ1) is 22.5. The van der Waals surface area contributed by atoms with Crippen LogP contribution in [-0.4, -0.2) is 44.9 Å². The first-order valence-electron chi connectivity index (χ1n) is 11.1. The number of carbonyl (C=O) groups is 2. The highest BCUT2D eigenvalue weighted by molar-refractivity contribution is 6.06. The lowest BCUT2D eigenvalue weighted by Gasteiger charge is -2.32. The first-order chi connectivity index (χ1) is 15.9. The van der Waals surface area contributed by atoms with Crippen molar-refractivity contribution >= 4 is 23.4 Å². The van der Waals surface area contributed by atoms with E-state index in [2.05, 4.69) is 33.8 Å². The van der Waals surface area contributed by atoms with E-state index in [0.717, 1.165) is 38.2 Å². The average Bonchev–Trinajstić information content (AvgIpc) is 3.12. The Hall–Kier alpha value is -3.65. The second kappa shape index (κ2) is 9.87. The fraction of sp³-hybridized carbons (Fsp3) is 0.320. The molecule has 172 valence electrons. The van der Waals surface area contributed by atoms with Crippen LogP contribution in [0, 0.1) is 6.92 Å². The zero-order valence-corrected chi connectivity index (χ0v) is 18.9. The second-order valence-corrected chi connectivity index (χ2v) is 8.52. The van der Waals surface area contributed by atoms with Crippen molar-refractivity contribution in [3.05, 3.63) is 77.1 Å². The molecule has 3 aromatic rings. The standard InChI is InChI=1S/C25H29N5O3/c1-17-21(15-29(2)28-17)16-30-13-11-19(12-14-30)18-7-9-20(10-8-18)24(31)26-22-5-3-4-6-23(22)27-25(32)33/h3-10,15,19,27H,11-14,16H2,1-2H3,(H,26,31)(H,32,33). The molecule has 0 atom stereocenters. The predicted molar refractivity (Wildman–Crippen MR) is 128 cm³/mol. The normalized spacial score (nSPS) is 14.7. The van der Waals surface area contributed by atoms with Gasteiger partial charge in [-0.15, -0.1) is 0 Å². The number of hydrogen-bond donors (Lipinski definition) is 3. The van der Waals surface area contributed by atoms with Gasteiger partial charge < -0.3 is 10.4 Å². The summed E-state index contributed by atoms with van der Waals surface area (Å²) < 4.78 is 1.87. The van der Waals surface area contributed by atoms with Crippen molar-refractivity contribution in [1.82, 2.24) is 14.7 Å². The number of anilines is 2. The van der Waals surface area contributed by atoms with Crippen LogP contribution >= 0.6 is 0 Å². The molecule has 2 heterocycles. The van der Waals surface area contributed by atoms with Gasteiger partial charge in [0.05, 0.1) is 17.1 Å². The molecule has 8 nitrogen and oxygen atoms in total. The number of aromatic nitrogens is 2. The van der Waals surface area contributed by atoms with Crippen LogP contribution in [0.15, 0.2) is 54.7 Å². The number of rotatable bonds is 6. The van der Waals surface area contributed by atoms with E-state index in [1.165, 1.54) is 11.1 Å². The van der Waals surface area contributed by atoms with Gasteiger partial charge in [-0.05, 0) is 68.6 Å². The molecule has 1 aliphatic rings. The van der Waals surface area contributed by atoms with E-state index in [0.29, 0.717) is 22.9 Å². The summed E-state index contributed by atoms with van der Waals surface area (Å²) in [6, 6.07) is 14.5. The molecule has 0 radical (unpaired) electrons. The smallest absolute Gasteiger partial charge is 0.409 e. The molecule has 8 heteroatoms. The fourth-order valence-corrected chi connectivity index (χ4v) is 4.39. The molecule has 0 saturated carbocycles. The highest BCUT2D eigenvalue weighted by Crippen LogP contribution is 2.29.